The number of benzene rings is 3. The number of hydrogen-bond acceptors (Lipinski definition) is 4. The number of ether oxygens (including phenoxy) is 1. The third-order valence-electron chi connectivity index (χ3n) is 5.54. The molecule has 1 atom stereocenters. The van der Waals surface area contributed by atoms with Gasteiger partial charge < -0.3 is 15.0 Å². The average molecular weight is 470 g/mol. The molecule has 3 rings (SSSR count). The number of nitrogens with one attached hydrogen (secondary N) is 1. The van der Waals surface area contributed by atoms with E-state index in [0.717, 1.165) is 29.3 Å². The molecule has 5 nitrogen and oxygen atoms in total. The van der Waals surface area contributed by atoms with E-state index in [4.69, 9.17) is 27.9 Å². The number of halogens is 2. The summed E-state index contributed by atoms with van der Waals surface area (Å²) in [6.07, 6.45) is 0.808. The summed E-state index contributed by atoms with van der Waals surface area (Å²) in [6.45, 7) is 1.25. The minimum absolute atomic E-state index is 0.0441. The van der Waals surface area contributed by atoms with Crippen molar-refractivity contribution in [3.8, 4) is 11.8 Å². The molecule has 3 aromatic rings. The highest BCUT2D eigenvalue weighted by Gasteiger charge is 2.25. The van der Waals surface area contributed by atoms with Crippen LogP contribution in [0.25, 0.3) is 10.8 Å². The standard InChI is InChI=1S/C25H25Cl2N3O2/c1-29-11-10-18(16-8-9-21(26)22(27)13-16)15-30(2)25(31)23-20-7-5-4-6-17(20)12-19(14-28)24(23)32-3/h4-9,12-13,18,29H,10-11,15H2,1-3H3. The molecule has 0 heterocycles. The first-order valence-electron chi connectivity index (χ1n) is 10.3. The summed E-state index contributed by atoms with van der Waals surface area (Å²) in [4.78, 5) is 15.3. The fourth-order valence-corrected chi connectivity index (χ4v) is 4.20. The Bertz CT molecular complexity index is 1170. The van der Waals surface area contributed by atoms with Crippen molar-refractivity contribution in [2.75, 3.05) is 34.3 Å². The van der Waals surface area contributed by atoms with Crippen LogP contribution in [-0.2, 0) is 0 Å². The predicted octanol–water partition coefficient (Wildman–Crippen LogP) is 5.49. The third kappa shape index (κ3) is 4.99. The van der Waals surface area contributed by atoms with E-state index in [2.05, 4.69) is 11.4 Å². The second kappa shape index (κ2) is 10.7. The highest BCUT2D eigenvalue weighted by Crippen LogP contribution is 2.34. The van der Waals surface area contributed by atoms with Crippen molar-refractivity contribution in [1.82, 2.24) is 10.2 Å². The number of amides is 1. The minimum atomic E-state index is -0.204. The number of rotatable bonds is 8. The van der Waals surface area contributed by atoms with Gasteiger partial charge in [0.1, 0.15) is 11.8 Å². The Morgan fingerprint density at radius 2 is 1.94 bits per heavy atom. The van der Waals surface area contributed by atoms with Gasteiger partial charge in [-0.1, -0.05) is 53.5 Å². The Balaban J connectivity index is 2.00. The highest BCUT2D eigenvalue weighted by molar-refractivity contribution is 6.42. The van der Waals surface area contributed by atoms with Gasteiger partial charge in [0.05, 0.1) is 28.3 Å². The number of nitriles is 1. The first-order chi connectivity index (χ1) is 15.4. The lowest BCUT2D eigenvalue weighted by Gasteiger charge is -2.26. The maximum atomic E-state index is 13.6. The molecule has 1 unspecified atom stereocenters. The van der Waals surface area contributed by atoms with Gasteiger partial charge in [-0.25, -0.2) is 0 Å². The molecule has 0 bridgehead atoms. The van der Waals surface area contributed by atoms with Crippen LogP contribution in [0.5, 0.6) is 5.75 Å². The molecule has 1 N–H and O–H groups in total. The van der Waals surface area contributed by atoms with E-state index in [-0.39, 0.29) is 11.8 Å². The number of carbonyl (C=O) groups is 1. The van der Waals surface area contributed by atoms with Gasteiger partial charge in [-0.2, -0.15) is 5.26 Å². The predicted molar refractivity (Wildman–Crippen MR) is 130 cm³/mol. The highest BCUT2D eigenvalue weighted by atomic mass is 35.5. The van der Waals surface area contributed by atoms with Crippen LogP contribution in [0.1, 0.15) is 33.8 Å². The molecular formula is C25H25Cl2N3O2. The van der Waals surface area contributed by atoms with Crippen LogP contribution >= 0.6 is 23.2 Å². The van der Waals surface area contributed by atoms with Crippen LogP contribution in [0.15, 0.2) is 48.5 Å². The van der Waals surface area contributed by atoms with Crippen molar-refractivity contribution < 1.29 is 9.53 Å². The summed E-state index contributed by atoms with van der Waals surface area (Å²) in [5.41, 5.74) is 1.74. The Morgan fingerprint density at radius 3 is 2.59 bits per heavy atom. The zero-order chi connectivity index (χ0) is 23.3. The summed E-state index contributed by atoms with van der Waals surface area (Å²) in [6, 6.07) is 17.0. The SMILES string of the molecule is CNCCC(CN(C)C(=O)c1c(OC)c(C#N)cc2ccccc12)c1ccc(Cl)c(Cl)c1. The van der Waals surface area contributed by atoms with Crippen LogP contribution in [0.3, 0.4) is 0 Å². The molecule has 0 aliphatic rings. The smallest absolute Gasteiger partial charge is 0.258 e. The lowest BCUT2D eigenvalue weighted by atomic mass is 9.94. The molecule has 0 aliphatic carbocycles. The van der Waals surface area contributed by atoms with Crippen LogP contribution in [0.2, 0.25) is 10.0 Å². The van der Waals surface area contributed by atoms with E-state index in [9.17, 15) is 10.1 Å². The fourth-order valence-electron chi connectivity index (χ4n) is 3.89. The zero-order valence-electron chi connectivity index (χ0n) is 18.3. The summed E-state index contributed by atoms with van der Waals surface area (Å²) in [7, 11) is 5.14. The second-order valence-electron chi connectivity index (χ2n) is 7.61. The molecule has 3 aromatic carbocycles. The first-order valence-corrected chi connectivity index (χ1v) is 11.0. The summed E-state index contributed by atoms with van der Waals surface area (Å²) in [5.74, 6) is 0.136. The van der Waals surface area contributed by atoms with Crippen molar-refractivity contribution in [2.45, 2.75) is 12.3 Å². The van der Waals surface area contributed by atoms with E-state index in [1.807, 2.05) is 43.4 Å². The number of nitrogens with zero attached hydrogens (tertiary/aromatic N) is 2. The summed E-state index contributed by atoms with van der Waals surface area (Å²) in [5, 5.41) is 15.3. The van der Waals surface area contributed by atoms with E-state index >= 15 is 0 Å². The molecular weight excluding hydrogens is 445 g/mol. The Labute approximate surface area is 198 Å². The van der Waals surface area contributed by atoms with Gasteiger partial charge in [0.25, 0.3) is 5.91 Å². The third-order valence-corrected chi connectivity index (χ3v) is 6.28. The molecule has 0 spiro atoms. The minimum Gasteiger partial charge on any atom is -0.495 e. The normalized spacial score (nSPS) is 11.8. The maximum absolute atomic E-state index is 13.6. The number of methoxy groups -OCH3 is 1. The summed E-state index contributed by atoms with van der Waals surface area (Å²) < 4.78 is 5.52. The van der Waals surface area contributed by atoms with Crippen LogP contribution in [-0.4, -0.2) is 45.1 Å². The monoisotopic (exact) mass is 469 g/mol. The van der Waals surface area contributed by atoms with Crippen LogP contribution in [0, 0.1) is 11.3 Å². The maximum Gasteiger partial charge on any atom is 0.258 e. The van der Waals surface area contributed by atoms with Crippen molar-refractivity contribution in [3.63, 3.8) is 0 Å². The Hall–Kier alpha value is -2.78. The van der Waals surface area contributed by atoms with Gasteiger partial charge >= 0.3 is 0 Å². The van der Waals surface area contributed by atoms with Crippen molar-refractivity contribution in [1.29, 1.82) is 5.26 Å². The summed E-state index contributed by atoms with van der Waals surface area (Å²) >= 11 is 12.3. The largest absolute Gasteiger partial charge is 0.495 e. The van der Waals surface area contributed by atoms with Gasteiger partial charge in [-0.15, -0.1) is 0 Å². The number of fused-ring (bicyclic) bond motifs is 1. The number of likely N-dealkylation sites (N-methyl/N-ethyl adjacent to an activating group) is 1. The lowest BCUT2D eigenvalue weighted by molar-refractivity contribution is 0.0783. The van der Waals surface area contributed by atoms with Crippen LogP contribution in [0.4, 0.5) is 0 Å². The molecule has 166 valence electrons. The van der Waals surface area contributed by atoms with Gasteiger partial charge in [-0.05, 0) is 54.5 Å². The molecule has 0 aliphatic heterocycles. The van der Waals surface area contributed by atoms with Gasteiger partial charge in [0.15, 0.2) is 0 Å². The Kier molecular flexibility index (Phi) is 7.98. The molecule has 0 aromatic heterocycles. The van der Waals surface area contributed by atoms with Gasteiger partial charge in [0.2, 0.25) is 0 Å². The molecule has 0 radical (unpaired) electrons. The second-order valence-corrected chi connectivity index (χ2v) is 8.43. The fraction of sp³-hybridized carbons (Fsp3) is 0.280. The molecule has 32 heavy (non-hydrogen) atoms. The lowest BCUT2D eigenvalue weighted by Crippen LogP contribution is -2.32. The molecule has 0 saturated carbocycles. The quantitative estimate of drug-likeness (QED) is 0.473. The molecule has 0 fully saturated rings. The van der Waals surface area contributed by atoms with E-state index in [1.54, 1.807) is 24.1 Å². The zero-order valence-corrected chi connectivity index (χ0v) is 19.8. The number of carbonyl (C=O) groups excluding carboxylic acids is 1. The number of hydrogen-bond donors (Lipinski definition) is 1. The van der Waals surface area contributed by atoms with Gasteiger partial charge in [0, 0.05) is 19.5 Å². The van der Waals surface area contributed by atoms with E-state index < -0.39 is 0 Å². The molecule has 1 amide bonds. The molecule has 7 heteroatoms. The van der Waals surface area contributed by atoms with Gasteiger partial charge in [-0.3, -0.25) is 4.79 Å². The van der Waals surface area contributed by atoms with Crippen molar-refractivity contribution >= 4 is 39.9 Å². The van der Waals surface area contributed by atoms with E-state index in [0.29, 0.717) is 33.5 Å². The van der Waals surface area contributed by atoms with Crippen LogP contribution < -0.4 is 10.1 Å². The Morgan fingerprint density at radius 1 is 1.19 bits per heavy atom. The topological polar surface area (TPSA) is 65.4 Å². The van der Waals surface area contributed by atoms with Crippen molar-refractivity contribution in [3.05, 3.63) is 75.3 Å². The molecule has 0 saturated heterocycles. The van der Waals surface area contributed by atoms with Crippen molar-refractivity contribution in [2.24, 2.45) is 0 Å². The first kappa shape index (κ1) is 23.9. The average Bonchev–Trinajstić information content (AvgIpc) is 2.81. The van der Waals surface area contributed by atoms with E-state index in [1.165, 1.54) is 7.11 Å².